The van der Waals surface area contributed by atoms with Crippen LogP contribution >= 0.6 is 0 Å². The number of carbonyl (C=O) groups excluding carboxylic acids is 1. The first-order chi connectivity index (χ1) is 8.35. The van der Waals surface area contributed by atoms with E-state index in [2.05, 4.69) is 12.2 Å². The number of amides is 1. The monoisotopic (exact) mass is 257 g/mol. The molecule has 2 N–H and O–H groups in total. The molecule has 0 aliphatic rings. The summed E-state index contributed by atoms with van der Waals surface area (Å²) in [6.07, 6.45) is 4.37. The van der Waals surface area contributed by atoms with Crippen LogP contribution in [0.2, 0.25) is 0 Å². The molecule has 0 heterocycles. The van der Waals surface area contributed by atoms with Crippen molar-refractivity contribution >= 4 is 11.9 Å². The fraction of sp³-hybridized carbons (Fsp3) is 0.857. The molecule has 1 amide bonds. The van der Waals surface area contributed by atoms with Gasteiger partial charge in [0.1, 0.15) is 0 Å². The Morgan fingerprint density at radius 1 is 1.28 bits per heavy atom. The minimum absolute atomic E-state index is 0.0622. The van der Waals surface area contributed by atoms with Gasteiger partial charge in [-0.2, -0.15) is 0 Å². The molecular formula is C14H27NO3. The van der Waals surface area contributed by atoms with Crippen molar-refractivity contribution in [2.75, 3.05) is 6.54 Å². The van der Waals surface area contributed by atoms with Crippen molar-refractivity contribution in [1.82, 2.24) is 5.32 Å². The van der Waals surface area contributed by atoms with E-state index in [1.165, 1.54) is 0 Å². The molecule has 0 radical (unpaired) electrons. The van der Waals surface area contributed by atoms with Gasteiger partial charge in [-0.3, -0.25) is 9.59 Å². The molecule has 4 nitrogen and oxygen atoms in total. The van der Waals surface area contributed by atoms with Crippen molar-refractivity contribution in [2.24, 2.45) is 11.3 Å². The summed E-state index contributed by atoms with van der Waals surface area (Å²) in [6, 6.07) is 0. The van der Waals surface area contributed by atoms with Gasteiger partial charge in [-0.1, -0.05) is 26.7 Å². The third-order valence-corrected chi connectivity index (χ3v) is 3.40. The lowest BCUT2D eigenvalue weighted by molar-refractivity contribution is -0.147. The average Bonchev–Trinajstić information content (AvgIpc) is 2.29. The van der Waals surface area contributed by atoms with E-state index in [0.29, 0.717) is 13.0 Å². The lowest BCUT2D eigenvalue weighted by Gasteiger charge is -2.20. The maximum absolute atomic E-state index is 11.9. The highest BCUT2D eigenvalue weighted by molar-refractivity contribution is 5.78. The van der Waals surface area contributed by atoms with Crippen LogP contribution in [0.3, 0.4) is 0 Å². The van der Waals surface area contributed by atoms with Gasteiger partial charge in [0, 0.05) is 12.5 Å². The highest BCUT2D eigenvalue weighted by Crippen LogP contribution is 2.19. The molecule has 0 saturated heterocycles. The Kier molecular flexibility index (Phi) is 7.64. The lowest BCUT2D eigenvalue weighted by atomic mass is 9.89. The topological polar surface area (TPSA) is 66.4 Å². The van der Waals surface area contributed by atoms with E-state index in [9.17, 15) is 9.59 Å². The standard InChI is InChI=1S/C14H27NO3/c1-5-7-8-11(6-2)12(16)15-10-9-14(3,4)13(17)18/h11H,5-10H2,1-4H3,(H,15,16)(H,17,18). The molecular weight excluding hydrogens is 230 g/mol. The van der Waals surface area contributed by atoms with Crippen LogP contribution in [-0.4, -0.2) is 23.5 Å². The van der Waals surface area contributed by atoms with Crippen LogP contribution in [-0.2, 0) is 9.59 Å². The molecule has 0 bridgehead atoms. The highest BCUT2D eigenvalue weighted by Gasteiger charge is 2.27. The minimum Gasteiger partial charge on any atom is -0.481 e. The van der Waals surface area contributed by atoms with Crippen molar-refractivity contribution in [1.29, 1.82) is 0 Å². The SMILES string of the molecule is CCCCC(CC)C(=O)NCCC(C)(C)C(=O)O. The lowest BCUT2D eigenvalue weighted by Crippen LogP contribution is -2.35. The molecule has 1 atom stereocenters. The van der Waals surface area contributed by atoms with Crippen molar-refractivity contribution in [3.8, 4) is 0 Å². The maximum Gasteiger partial charge on any atom is 0.309 e. The van der Waals surface area contributed by atoms with Crippen LogP contribution < -0.4 is 5.32 Å². The van der Waals surface area contributed by atoms with Crippen molar-refractivity contribution in [3.05, 3.63) is 0 Å². The second kappa shape index (κ2) is 8.11. The van der Waals surface area contributed by atoms with Gasteiger partial charge in [-0.25, -0.2) is 0 Å². The van der Waals surface area contributed by atoms with Gasteiger partial charge < -0.3 is 10.4 Å². The number of rotatable bonds is 9. The quantitative estimate of drug-likeness (QED) is 0.667. The van der Waals surface area contributed by atoms with Gasteiger partial charge in [-0.15, -0.1) is 0 Å². The number of carboxylic acid groups (broad SMARTS) is 1. The summed E-state index contributed by atoms with van der Waals surface area (Å²) < 4.78 is 0. The summed E-state index contributed by atoms with van der Waals surface area (Å²) in [5.74, 6) is -0.695. The number of nitrogens with one attached hydrogen (secondary N) is 1. The summed E-state index contributed by atoms with van der Waals surface area (Å²) in [5.41, 5.74) is -0.779. The van der Waals surface area contributed by atoms with E-state index in [4.69, 9.17) is 5.11 Å². The fourth-order valence-electron chi connectivity index (χ4n) is 1.72. The maximum atomic E-state index is 11.9. The van der Waals surface area contributed by atoms with E-state index >= 15 is 0 Å². The van der Waals surface area contributed by atoms with E-state index in [0.717, 1.165) is 25.7 Å². The Bertz CT molecular complexity index is 274. The molecule has 0 rings (SSSR count). The first-order valence-electron chi connectivity index (χ1n) is 6.86. The number of unbranched alkanes of at least 4 members (excludes halogenated alkanes) is 1. The average molecular weight is 257 g/mol. The third-order valence-electron chi connectivity index (χ3n) is 3.40. The molecule has 4 heteroatoms. The summed E-state index contributed by atoms with van der Waals surface area (Å²) in [6.45, 7) is 7.91. The Labute approximate surface area is 110 Å². The summed E-state index contributed by atoms with van der Waals surface area (Å²) in [7, 11) is 0. The summed E-state index contributed by atoms with van der Waals surface area (Å²) in [5, 5.41) is 11.8. The Morgan fingerprint density at radius 2 is 1.89 bits per heavy atom. The van der Waals surface area contributed by atoms with E-state index < -0.39 is 11.4 Å². The molecule has 1 unspecified atom stereocenters. The smallest absolute Gasteiger partial charge is 0.309 e. The Morgan fingerprint density at radius 3 is 2.33 bits per heavy atom. The van der Waals surface area contributed by atoms with Gasteiger partial charge >= 0.3 is 5.97 Å². The number of hydrogen-bond acceptors (Lipinski definition) is 2. The fourth-order valence-corrected chi connectivity index (χ4v) is 1.72. The molecule has 0 aromatic heterocycles. The predicted octanol–water partition coefficient (Wildman–Crippen LogP) is 2.82. The molecule has 0 saturated carbocycles. The molecule has 0 aliphatic carbocycles. The molecule has 0 aromatic carbocycles. The van der Waals surface area contributed by atoms with Crippen LogP contribution in [0.15, 0.2) is 0 Å². The normalized spacial score (nSPS) is 13.1. The third kappa shape index (κ3) is 6.03. The molecule has 106 valence electrons. The predicted molar refractivity (Wildman–Crippen MR) is 72.3 cm³/mol. The molecule has 18 heavy (non-hydrogen) atoms. The second-order valence-electron chi connectivity index (χ2n) is 5.48. The van der Waals surface area contributed by atoms with Crippen molar-refractivity contribution < 1.29 is 14.7 Å². The molecule has 0 fully saturated rings. The van der Waals surface area contributed by atoms with E-state index in [1.807, 2.05) is 6.92 Å². The summed E-state index contributed by atoms with van der Waals surface area (Å²) >= 11 is 0. The Hall–Kier alpha value is -1.06. The summed E-state index contributed by atoms with van der Waals surface area (Å²) in [4.78, 5) is 22.8. The van der Waals surface area contributed by atoms with Crippen LogP contribution in [0.1, 0.15) is 59.8 Å². The van der Waals surface area contributed by atoms with Crippen LogP contribution in [0, 0.1) is 11.3 Å². The van der Waals surface area contributed by atoms with Gasteiger partial charge in [0.2, 0.25) is 5.91 Å². The zero-order valence-electron chi connectivity index (χ0n) is 12.1. The zero-order valence-corrected chi connectivity index (χ0v) is 12.1. The van der Waals surface area contributed by atoms with Crippen LogP contribution in [0.25, 0.3) is 0 Å². The second-order valence-corrected chi connectivity index (χ2v) is 5.48. The highest BCUT2D eigenvalue weighted by atomic mass is 16.4. The Balaban J connectivity index is 4.05. The van der Waals surface area contributed by atoms with Gasteiger partial charge in [0.25, 0.3) is 0 Å². The van der Waals surface area contributed by atoms with Crippen LogP contribution in [0.4, 0.5) is 0 Å². The molecule has 0 aromatic rings. The number of aliphatic carboxylic acids is 1. The zero-order chi connectivity index (χ0) is 14.2. The van der Waals surface area contributed by atoms with E-state index in [1.54, 1.807) is 13.8 Å². The number of carboxylic acids is 1. The van der Waals surface area contributed by atoms with E-state index in [-0.39, 0.29) is 11.8 Å². The molecule has 0 spiro atoms. The number of hydrogen-bond donors (Lipinski definition) is 2. The van der Waals surface area contributed by atoms with Crippen molar-refractivity contribution in [2.45, 2.75) is 59.8 Å². The van der Waals surface area contributed by atoms with Crippen LogP contribution in [0.5, 0.6) is 0 Å². The largest absolute Gasteiger partial charge is 0.481 e. The number of carbonyl (C=O) groups is 2. The van der Waals surface area contributed by atoms with Crippen molar-refractivity contribution in [3.63, 3.8) is 0 Å². The minimum atomic E-state index is -0.824. The van der Waals surface area contributed by atoms with Gasteiger partial charge in [0.05, 0.1) is 5.41 Å². The first kappa shape index (κ1) is 16.9. The first-order valence-corrected chi connectivity index (χ1v) is 6.86. The van der Waals surface area contributed by atoms with Gasteiger partial charge in [-0.05, 0) is 33.1 Å². The molecule has 0 aliphatic heterocycles. The van der Waals surface area contributed by atoms with Gasteiger partial charge in [0.15, 0.2) is 0 Å².